The summed E-state index contributed by atoms with van der Waals surface area (Å²) in [6.45, 7) is 3.56. The maximum atomic E-state index is 12.6. The van der Waals surface area contributed by atoms with Crippen LogP contribution in [0.25, 0.3) is 0 Å². The number of nitrogens with zero attached hydrogens (tertiary/aromatic N) is 4. The Morgan fingerprint density at radius 2 is 2.22 bits per heavy atom. The lowest BCUT2D eigenvalue weighted by Crippen LogP contribution is -2.44. The Hall–Kier alpha value is -2.50. The maximum Gasteiger partial charge on any atom is 0.225 e. The summed E-state index contributed by atoms with van der Waals surface area (Å²) in [7, 11) is 0. The van der Waals surface area contributed by atoms with E-state index in [1.165, 1.54) is 0 Å². The van der Waals surface area contributed by atoms with Crippen molar-refractivity contribution in [3.05, 3.63) is 48.7 Å². The van der Waals surface area contributed by atoms with Gasteiger partial charge in [0.25, 0.3) is 0 Å². The van der Waals surface area contributed by atoms with Crippen molar-refractivity contribution < 1.29 is 4.79 Å². The van der Waals surface area contributed by atoms with Crippen LogP contribution in [0.2, 0.25) is 0 Å². The van der Waals surface area contributed by atoms with Gasteiger partial charge in [-0.3, -0.25) is 14.8 Å². The van der Waals surface area contributed by atoms with E-state index in [4.69, 9.17) is 0 Å². The first-order valence-corrected chi connectivity index (χ1v) is 7.96. The fourth-order valence-electron chi connectivity index (χ4n) is 2.89. The highest BCUT2D eigenvalue weighted by molar-refractivity contribution is 5.79. The summed E-state index contributed by atoms with van der Waals surface area (Å²) in [5.41, 5.74) is 0.877. The lowest BCUT2D eigenvalue weighted by molar-refractivity contribution is -0.125. The fourth-order valence-corrected chi connectivity index (χ4v) is 2.89. The van der Waals surface area contributed by atoms with E-state index in [0.29, 0.717) is 6.54 Å². The van der Waals surface area contributed by atoms with Crippen molar-refractivity contribution in [2.24, 2.45) is 5.92 Å². The highest BCUT2D eigenvalue weighted by Crippen LogP contribution is 2.22. The van der Waals surface area contributed by atoms with Gasteiger partial charge in [-0.2, -0.15) is 0 Å². The summed E-state index contributed by atoms with van der Waals surface area (Å²) in [5.74, 6) is 0.886. The molecule has 1 fully saturated rings. The molecule has 0 spiro atoms. The third-order valence-corrected chi connectivity index (χ3v) is 4.16. The van der Waals surface area contributed by atoms with Crippen molar-refractivity contribution in [3.63, 3.8) is 0 Å². The van der Waals surface area contributed by atoms with Crippen LogP contribution in [0.1, 0.15) is 31.5 Å². The molecule has 0 unspecified atom stereocenters. The molecule has 1 aliphatic heterocycles. The summed E-state index contributed by atoms with van der Waals surface area (Å²) >= 11 is 0. The minimum atomic E-state index is -0.0874. The maximum absolute atomic E-state index is 12.6. The summed E-state index contributed by atoms with van der Waals surface area (Å²) in [4.78, 5) is 27.4. The van der Waals surface area contributed by atoms with Crippen LogP contribution in [-0.4, -0.2) is 33.9 Å². The van der Waals surface area contributed by atoms with Gasteiger partial charge in [0.1, 0.15) is 5.82 Å². The lowest BCUT2D eigenvalue weighted by Gasteiger charge is -2.33. The quantitative estimate of drug-likeness (QED) is 0.934. The number of rotatable bonds is 4. The first-order valence-electron chi connectivity index (χ1n) is 7.96. The number of aromatic nitrogens is 3. The molecule has 1 aliphatic rings. The Labute approximate surface area is 136 Å². The zero-order chi connectivity index (χ0) is 16.1. The molecular weight excluding hydrogens is 290 g/mol. The van der Waals surface area contributed by atoms with Crippen molar-refractivity contribution in [2.45, 2.75) is 25.8 Å². The van der Waals surface area contributed by atoms with Crippen molar-refractivity contribution in [3.8, 4) is 0 Å². The van der Waals surface area contributed by atoms with Gasteiger partial charge in [-0.15, -0.1) is 0 Å². The van der Waals surface area contributed by atoms with E-state index >= 15 is 0 Å². The zero-order valence-electron chi connectivity index (χ0n) is 13.2. The van der Waals surface area contributed by atoms with E-state index in [2.05, 4.69) is 25.2 Å². The normalized spacial score (nSPS) is 19.2. The zero-order valence-corrected chi connectivity index (χ0v) is 13.2. The van der Waals surface area contributed by atoms with Crippen molar-refractivity contribution in [2.75, 3.05) is 18.0 Å². The smallest absolute Gasteiger partial charge is 0.225 e. The van der Waals surface area contributed by atoms with Crippen LogP contribution in [0.5, 0.6) is 0 Å². The molecule has 2 aromatic rings. The van der Waals surface area contributed by atoms with E-state index < -0.39 is 0 Å². The average molecular weight is 311 g/mol. The minimum absolute atomic E-state index is 0.0306. The highest BCUT2D eigenvalue weighted by atomic mass is 16.2. The molecule has 6 heteroatoms. The molecule has 0 aromatic carbocycles. The number of amides is 1. The topological polar surface area (TPSA) is 71.0 Å². The molecule has 0 bridgehead atoms. The fraction of sp³-hybridized carbons (Fsp3) is 0.412. The van der Waals surface area contributed by atoms with E-state index in [1.54, 1.807) is 24.8 Å². The SMILES string of the molecule is C[C@@H](NC(=O)[C@H]1CCCN(c2cnccn2)C1)c1ccccn1. The van der Waals surface area contributed by atoms with Crippen LogP contribution in [0.4, 0.5) is 5.82 Å². The molecular formula is C17H21N5O. The molecule has 1 N–H and O–H groups in total. The molecule has 1 amide bonds. The molecule has 23 heavy (non-hydrogen) atoms. The standard InChI is InChI=1S/C17H21N5O/c1-13(15-6-2-3-7-19-15)21-17(23)14-5-4-10-22(12-14)16-11-18-8-9-20-16/h2-3,6-9,11,13-14H,4-5,10,12H2,1H3,(H,21,23)/t13-,14+/m1/s1. The summed E-state index contributed by atoms with van der Waals surface area (Å²) in [6.07, 6.45) is 8.71. The Morgan fingerprint density at radius 1 is 1.30 bits per heavy atom. The van der Waals surface area contributed by atoms with Crippen LogP contribution in [-0.2, 0) is 4.79 Å². The molecule has 6 nitrogen and oxygen atoms in total. The van der Waals surface area contributed by atoms with Crippen LogP contribution in [0.3, 0.4) is 0 Å². The van der Waals surface area contributed by atoms with Gasteiger partial charge in [0.2, 0.25) is 5.91 Å². The average Bonchev–Trinajstić information content (AvgIpc) is 2.63. The second-order valence-corrected chi connectivity index (χ2v) is 5.83. The number of carbonyl (C=O) groups is 1. The van der Waals surface area contributed by atoms with Crippen LogP contribution >= 0.6 is 0 Å². The molecule has 0 saturated carbocycles. The second-order valence-electron chi connectivity index (χ2n) is 5.83. The second kappa shape index (κ2) is 7.17. The third-order valence-electron chi connectivity index (χ3n) is 4.16. The van der Waals surface area contributed by atoms with Crippen molar-refractivity contribution >= 4 is 11.7 Å². The number of carbonyl (C=O) groups excluding carboxylic acids is 1. The Kier molecular flexibility index (Phi) is 4.80. The molecule has 0 radical (unpaired) electrons. The van der Waals surface area contributed by atoms with E-state index in [9.17, 15) is 4.79 Å². The molecule has 3 heterocycles. The largest absolute Gasteiger partial charge is 0.355 e. The van der Waals surface area contributed by atoms with Crippen LogP contribution < -0.4 is 10.2 Å². The predicted octanol–water partition coefficient (Wildman–Crippen LogP) is 1.97. The molecule has 3 rings (SSSR count). The Morgan fingerprint density at radius 3 is 2.96 bits per heavy atom. The number of pyridine rings is 1. The number of hydrogen-bond acceptors (Lipinski definition) is 5. The molecule has 2 aromatic heterocycles. The Bertz CT molecular complexity index is 634. The van der Waals surface area contributed by atoms with Gasteiger partial charge in [0.05, 0.1) is 23.9 Å². The number of piperidine rings is 1. The molecule has 0 aliphatic carbocycles. The number of nitrogens with one attached hydrogen (secondary N) is 1. The predicted molar refractivity (Wildman–Crippen MR) is 87.8 cm³/mol. The number of hydrogen-bond donors (Lipinski definition) is 1. The van der Waals surface area contributed by atoms with Gasteiger partial charge < -0.3 is 10.2 Å². The first-order chi connectivity index (χ1) is 11.2. The Balaban J connectivity index is 1.61. The third kappa shape index (κ3) is 3.83. The van der Waals surface area contributed by atoms with E-state index in [1.807, 2.05) is 25.1 Å². The molecule has 120 valence electrons. The van der Waals surface area contributed by atoms with Gasteiger partial charge in [-0.25, -0.2) is 4.98 Å². The van der Waals surface area contributed by atoms with Crippen molar-refractivity contribution in [1.82, 2.24) is 20.3 Å². The van der Waals surface area contributed by atoms with Crippen molar-refractivity contribution in [1.29, 1.82) is 0 Å². The van der Waals surface area contributed by atoms with Gasteiger partial charge >= 0.3 is 0 Å². The van der Waals surface area contributed by atoms with E-state index in [-0.39, 0.29) is 17.9 Å². The summed E-state index contributed by atoms with van der Waals surface area (Å²) in [6, 6.07) is 5.65. The summed E-state index contributed by atoms with van der Waals surface area (Å²) < 4.78 is 0. The number of anilines is 1. The van der Waals surface area contributed by atoms with Crippen LogP contribution in [0, 0.1) is 5.92 Å². The highest BCUT2D eigenvalue weighted by Gasteiger charge is 2.27. The molecule has 1 saturated heterocycles. The molecule has 2 atom stereocenters. The minimum Gasteiger partial charge on any atom is -0.355 e. The summed E-state index contributed by atoms with van der Waals surface area (Å²) in [5, 5.41) is 3.07. The lowest BCUT2D eigenvalue weighted by atomic mass is 9.96. The first kappa shape index (κ1) is 15.4. The monoisotopic (exact) mass is 311 g/mol. The van der Waals surface area contributed by atoms with Gasteiger partial charge in [0, 0.05) is 31.7 Å². The van der Waals surface area contributed by atoms with Crippen LogP contribution in [0.15, 0.2) is 43.0 Å². The van der Waals surface area contributed by atoms with Gasteiger partial charge in [0.15, 0.2) is 0 Å². The van der Waals surface area contributed by atoms with Gasteiger partial charge in [-0.05, 0) is 31.9 Å². The van der Waals surface area contributed by atoms with Gasteiger partial charge in [-0.1, -0.05) is 6.07 Å². The van der Waals surface area contributed by atoms with E-state index in [0.717, 1.165) is 30.9 Å².